The van der Waals surface area contributed by atoms with Gasteiger partial charge in [-0.3, -0.25) is 4.79 Å². The summed E-state index contributed by atoms with van der Waals surface area (Å²) in [7, 11) is -3.53. The van der Waals surface area contributed by atoms with Crippen LogP contribution in [-0.4, -0.2) is 37.8 Å². The van der Waals surface area contributed by atoms with E-state index in [0.717, 1.165) is 35.6 Å². The lowest BCUT2D eigenvalue weighted by Gasteiger charge is -2.34. The van der Waals surface area contributed by atoms with Gasteiger partial charge in [0.05, 0.1) is 4.90 Å². The Morgan fingerprint density at radius 3 is 2.52 bits per heavy atom. The van der Waals surface area contributed by atoms with Gasteiger partial charge in [-0.1, -0.05) is 54.4 Å². The second-order valence-electron chi connectivity index (χ2n) is 8.18. The van der Waals surface area contributed by atoms with Gasteiger partial charge in [0.1, 0.15) is 0 Å². The van der Waals surface area contributed by atoms with E-state index in [9.17, 15) is 13.2 Å². The molecule has 5 nitrogen and oxygen atoms in total. The molecule has 6 heteroatoms. The largest absolute Gasteiger partial charge is 0.352 e. The van der Waals surface area contributed by atoms with Crippen LogP contribution < -0.4 is 5.32 Å². The van der Waals surface area contributed by atoms with Crippen LogP contribution in [0.15, 0.2) is 71.6 Å². The number of aryl methyl sites for hydroxylation is 1. The van der Waals surface area contributed by atoms with Gasteiger partial charge in [-0.05, 0) is 61.2 Å². The Labute approximate surface area is 184 Å². The van der Waals surface area contributed by atoms with Crippen LogP contribution in [0.5, 0.6) is 0 Å². The second-order valence-corrected chi connectivity index (χ2v) is 10.1. The van der Waals surface area contributed by atoms with Crippen LogP contribution in [0, 0.1) is 6.92 Å². The highest BCUT2D eigenvalue weighted by molar-refractivity contribution is 7.89. The summed E-state index contributed by atoms with van der Waals surface area (Å²) in [4.78, 5) is 13.0. The van der Waals surface area contributed by atoms with Gasteiger partial charge < -0.3 is 5.32 Å². The maximum Gasteiger partial charge on any atom is 0.251 e. The number of hydrogen-bond acceptors (Lipinski definition) is 3. The first-order valence-corrected chi connectivity index (χ1v) is 12.2. The zero-order valence-electron chi connectivity index (χ0n) is 17.8. The zero-order chi connectivity index (χ0) is 21.8. The molecular weight excluding hydrogens is 408 g/mol. The maximum absolute atomic E-state index is 13.2. The first-order valence-electron chi connectivity index (χ1n) is 10.8. The van der Waals surface area contributed by atoms with E-state index in [2.05, 4.69) is 5.32 Å². The highest BCUT2D eigenvalue weighted by Gasteiger charge is 2.33. The molecule has 1 atom stereocenters. The molecule has 3 aromatic carbocycles. The quantitative estimate of drug-likeness (QED) is 0.618. The maximum atomic E-state index is 13.2. The molecule has 162 valence electrons. The lowest BCUT2D eigenvalue weighted by molar-refractivity contribution is 0.0949. The Kier molecular flexibility index (Phi) is 6.39. The zero-order valence-corrected chi connectivity index (χ0v) is 18.6. The highest BCUT2D eigenvalue weighted by atomic mass is 32.2. The molecule has 0 spiro atoms. The molecule has 3 aromatic rings. The molecule has 0 bridgehead atoms. The second kappa shape index (κ2) is 9.20. The number of amides is 1. The fourth-order valence-corrected chi connectivity index (χ4v) is 5.93. The molecule has 1 aliphatic rings. The molecule has 1 aliphatic heterocycles. The molecule has 31 heavy (non-hydrogen) atoms. The SMILES string of the molecule is Cc1ccc(S(=O)(=O)N2CCCCC2CCNC(=O)c2ccc3ccccc3c2)cc1. The van der Waals surface area contributed by atoms with Gasteiger partial charge in [0.15, 0.2) is 0 Å². The van der Waals surface area contributed by atoms with Gasteiger partial charge in [0.2, 0.25) is 10.0 Å². The number of nitrogens with one attached hydrogen (secondary N) is 1. The number of fused-ring (bicyclic) bond motifs is 1. The molecule has 1 amide bonds. The Balaban J connectivity index is 1.41. The van der Waals surface area contributed by atoms with Gasteiger partial charge in [-0.15, -0.1) is 0 Å². The Bertz CT molecular complexity index is 1170. The highest BCUT2D eigenvalue weighted by Crippen LogP contribution is 2.27. The molecule has 0 aromatic heterocycles. The summed E-state index contributed by atoms with van der Waals surface area (Å²) in [6.07, 6.45) is 3.29. The third-order valence-electron chi connectivity index (χ3n) is 5.98. The summed E-state index contributed by atoms with van der Waals surface area (Å²) < 4.78 is 28.0. The lowest BCUT2D eigenvalue weighted by atomic mass is 10.0. The summed E-state index contributed by atoms with van der Waals surface area (Å²) in [5.41, 5.74) is 1.65. The molecule has 0 saturated carbocycles. The van der Waals surface area contributed by atoms with E-state index in [-0.39, 0.29) is 11.9 Å². The standard InChI is InChI=1S/C25H28N2O3S/c1-19-9-13-24(14-10-19)31(29,30)27-17-5-4-8-23(27)15-16-26-25(28)22-12-11-20-6-2-3-7-21(20)18-22/h2-3,6-7,9-14,18,23H,4-5,8,15-17H2,1H3,(H,26,28). The Morgan fingerprint density at radius 1 is 1.00 bits per heavy atom. The predicted octanol–water partition coefficient (Wildman–Crippen LogP) is 4.51. The van der Waals surface area contributed by atoms with Crippen molar-refractivity contribution in [2.75, 3.05) is 13.1 Å². The van der Waals surface area contributed by atoms with Crippen molar-refractivity contribution in [3.8, 4) is 0 Å². The molecule has 0 radical (unpaired) electrons. The number of benzene rings is 3. The van der Waals surface area contributed by atoms with E-state index in [0.29, 0.717) is 30.0 Å². The number of nitrogens with zero attached hydrogens (tertiary/aromatic N) is 1. The van der Waals surface area contributed by atoms with E-state index >= 15 is 0 Å². The van der Waals surface area contributed by atoms with Crippen LogP contribution in [0.25, 0.3) is 10.8 Å². The summed E-state index contributed by atoms with van der Waals surface area (Å²) in [5.74, 6) is -0.130. The smallest absolute Gasteiger partial charge is 0.251 e. The summed E-state index contributed by atoms with van der Waals surface area (Å²) in [6.45, 7) is 2.91. The summed E-state index contributed by atoms with van der Waals surface area (Å²) in [6, 6.07) is 20.5. The first kappa shape index (κ1) is 21.5. The average Bonchev–Trinajstić information content (AvgIpc) is 2.79. The van der Waals surface area contributed by atoms with Crippen LogP contribution in [-0.2, 0) is 10.0 Å². The number of piperidine rings is 1. The van der Waals surface area contributed by atoms with Crippen LogP contribution in [0.1, 0.15) is 41.6 Å². The molecule has 1 unspecified atom stereocenters. The van der Waals surface area contributed by atoms with Crippen molar-refractivity contribution < 1.29 is 13.2 Å². The minimum Gasteiger partial charge on any atom is -0.352 e. The average molecular weight is 437 g/mol. The van der Waals surface area contributed by atoms with Crippen molar-refractivity contribution in [3.05, 3.63) is 77.9 Å². The normalized spacial score (nSPS) is 17.5. The third-order valence-corrected chi connectivity index (χ3v) is 7.94. The number of sulfonamides is 1. The van der Waals surface area contributed by atoms with E-state index in [1.165, 1.54) is 0 Å². The van der Waals surface area contributed by atoms with Gasteiger partial charge >= 0.3 is 0 Å². The van der Waals surface area contributed by atoms with Crippen molar-refractivity contribution in [2.24, 2.45) is 0 Å². The fourth-order valence-electron chi connectivity index (χ4n) is 4.21. The fraction of sp³-hybridized carbons (Fsp3) is 0.320. The Morgan fingerprint density at radius 2 is 1.74 bits per heavy atom. The minimum absolute atomic E-state index is 0.100. The van der Waals surface area contributed by atoms with Crippen molar-refractivity contribution in [1.82, 2.24) is 9.62 Å². The molecule has 1 heterocycles. The number of rotatable bonds is 6. The molecule has 0 aliphatic carbocycles. The monoisotopic (exact) mass is 436 g/mol. The number of carbonyl (C=O) groups is 1. The van der Waals surface area contributed by atoms with E-state index in [1.807, 2.05) is 61.5 Å². The van der Waals surface area contributed by atoms with Crippen LogP contribution >= 0.6 is 0 Å². The van der Waals surface area contributed by atoms with E-state index in [1.54, 1.807) is 16.4 Å². The van der Waals surface area contributed by atoms with Crippen LogP contribution in [0.2, 0.25) is 0 Å². The lowest BCUT2D eigenvalue weighted by Crippen LogP contribution is -2.45. The third kappa shape index (κ3) is 4.81. The van der Waals surface area contributed by atoms with Gasteiger partial charge in [0.25, 0.3) is 5.91 Å². The van der Waals surface area contributed by atoms with E-state index < -0.39 is 10.0 Å². The molecule has 1 fully saturated rings. The molecule has 4 rings (SSSR count). The van der Waals surface area contributed by atoms with Crippen LogP contribution in [0.4, 0.5) is 0 Å². The van der Waals surface area contributed by atoms with Gasteiger partial charge in [-0.25, -0.2) is 8.42 Å². The number of carbonyl (C=O) groups excluding carboxylic acids is 1. The van der Waals surface area contributed by atoms with Gasteiger partial charge in [-0.2, -0.15) is 4.31 Å². The van der Waals surface area contributed by atoms with E-state index in [4.69, 9.17) is 0 Å². The molecule has 1 saturated heterocycles. The van der Waals surface area contributed by atoms with Crippen molar-refractivity contribution in [3.63, 3.8) is 0 Å². The van der Waals surface area contributed by atoms with Crippen molar-refractivity contribution in [2.45, 2.75) is 43.5 Å². The summed E-state index contributed by atoms with van der Waals surface area (Å²) in [5, 5.41) is 5.09. The predicted molar refractivity (Wildman–Crippen MR) is 124 cm³/mol. The van der Waals surface area contributed by atoms with Gasteiger partial charge in [0, 0.05) is 24.7 Å². The topological polar surface area (TPSA) is 66.5 Å². The first-order chi connectivity index (χ1) is 14.9. The molecular formula is C25H28N2O3S. The van der Waals surface area contributed by atoms with Crippen molar-refractivity contribution >= 4 is 26.7 Å². The minimum atomic E-state index is -3.53. The summed E-state index contributed by atoms with van der Waals surface area (Å²) >= 11 is 0. The Hall–Kier alpha value is -2.70. The number of hydrogen-bond donors (Lipinski definition) is 1. The van der Waals surface area contributed by atoms with Crippen molar-refractivity contribution in [1.29, 1.82) is 0 Å². The molecule has 1 N–H and O–H groups in total. The van der Waals surface area contributed by atoms with Crippen LogP contribution in [0.3, 0.4) is 0 Å².